The molecule has 17 heavy (non-hydrogen) atoms. The van der Waals surface area contributed by atoms with E-state index in [4.69, 9.17) is 0 Å². The zero-order valence-corrected chi connectivity index (χ0v) is 10.0. The van der Waals surface area contributed by atoms with Crippen LogP contribution in [0.4, 0.5) is 0 Å². The van der Waals surface area contributed by atoms with Gasteiger partial charge in [-0.15, -0.1) is 0 Å². The predicted octanol–water partition coefficient (Wildman–Crippen LogP) is 3.41. The number of imidazole rings is 1. The molecule has 3 heterocycles. The monoisotopic (exact) mass is 239 g/mol. The maximum atomic E-state index is 4.65. The molecule has 0 N–H and O–H groups in total. The largest absolute Gasteiger partial charge is 0.283 e. The van der Waals surface area contributed by atoms with Crippen LogP contribution in [0.1, 0.15) is 5.69 Å². The average Bonchev–Trinajstić information content (AvgIpc) is 2.85. The number of fused-ring (bicyclic) bond motifs is 5. The molecule has 3 nitrogen and oxygen atoms in total. The summed E-state index contributed by atoms with van der Waals surface area (Å²) in [6.45, 7) is 2.04. The molecule has 0 aliphatic carbocycles. The molecule has 4 aromatic rings. The summed E-state index contributed by atoms with van der Waals surface area (Å²) < 4.78 is 3.44. The molecule has 0 saturated carbocycles. The number of rotatable bonds is 0. The minimum absolute atomic E-state index is 1.04. The Balaban J connectivity index is 2.36. The van der Waals surface area contributed by atoms with Gasteiger partial charge < -0.3 is 0 Å². The highest BCUT2D eigenvalue weighted by molar-refractivity contribution is 7.23. The Bertz CT molecular complexity index is 857. The lowest BCUT2D eigenvalue weighted by Crippen LogP contribution is -1.83. The number of hydrogen-bond donors (Lipinski definition) is 0. The topological polar surface area (TPSA) is 30.2 Å². The van der Waals surface area contributed by atoms with Crippen LogP contribution in [-0.2, 0) is 0 Å². The van der Waals surface area contributed by atoms with Gasteiger partial charge in [0.2, 0.25) is 0 Å². The molecule has 4 heteroatoms. The van der Waals surface area contributed by atoms with Crippen molar-refractivity contribution in [2.24, 2.45) is 0 Å². The van der Waals surface area contributed by atoms with Crippen LogP contribution < -0.4 is 0 Å². The summed E-state index contributed by atoms with van der Waals surface area (Å²) in [5.41, 5.74) is 4.49. The van der Waals surface area contributed by atoms with E-state index in [0.29, 0.717) is 0 Å². The summed E-state index contributed by atoms with van der Waals surface area (Å²) in [5, 5.41) is 0. The molecule has 0 unspecified atom stereocenters. The zero-order valence-electron chi connectivity index (χ0n) is 9.21. The summed E-state index contributed by atoms with van der Waals surface area (Å²) in [6, 6.07) is 10.3. The van der Waals surface area contributed by atoms with Crippen molar-refractivity contribution in [2.75, 3.05) is 0 Å². The second kappa shape index (κ2) is 3.05. The number of aromatic nitrogens is 3. The maximum absolute atomic E-state index is 4.65. The van der Waals surface area contributed by atoms with Crippen LogP contribution in [0.5, 0.6) is 0 Å². The molecular formula is C13H9N3S. The standard InChI is InChI=1S/C13H9N3S/c1-8-12-11(6-7-14-8)16-10-5-3-2-4-9(10)15-13(16)17-12/h2-7H,1H3. The highest BCUT2D eigenvalue weighted by Gasteiger charge is 2.11. The van der Waals surface area contributed by atoms with Crippen LogP contribution in [0.2, 0.25) is 0 Å². The third kappa shape index (κ3) is 1.10. The fourth-order valence-corrected chi connectivity index (χ4v) is 3.32. The van der Waals surface area contributed by atoms with Gasteiger partial charge in [0, 0.05) is 6.20 Å². The van der Waals surface area contributed by atoms with Gasteiger partial charge in [0.1, 0.15) is 0 Å². The lowest BCUT2D eigenvalue weighted by atomic mass is 10.3. The number of benzene rings is 1. The van der Waals surface area contributed by atoms with Crippen molar-refractivity contribution in [3.8, 4) is 0 Å². The van der Waals surface area contributed by atoms with Crippen LogP contribution >= 0.6 is 11.3 Å². The van der Waals surface area contributed by atoms with E-state index < -0.39 is 0 Å². The van der Waals surface area contributed by atoms with E-state index in [0.717, 1.165) is 16.2 Å². The number of hydrogen-bond acceptors (Lipinski definition) is 3. The van der Waals surface area contributed by atoms with Crippen molar-refractivity contribution in [3.05, 3.63) is 42.2 Å². The molecule has 0 radical (unpaired) electrons. The van der Waals surface area contributed by atoms with Crippen LogP contribution in [0.15, 0.2) is 36.5 Å². The van der Waals surface area contributed by atoms with Gasteiger partial charge in [0.05, 0.1) is 26.9 Å². The molecular weight excluding hydrogens is 230 g/mol. The van der Waals surface area contributed by atoms with Crippen molar-refractivity contribution in [1.82, 2.24) is 14.4 Å². The summed E-state index contributed by atoms with van der Waals surface area (Å²) in [7, 11) is 0. The van der Waals surface area contributed by atoms with Gasteiger partial charge in [0.25, 0.3) is 0 Å². The van der Waals surface area contributed by atoms with Gasteiger partial charge in [-0.1, -0.05) is 23.5 Å². The van der Waals surface area contributed by atoms with E-state index in [9.17, 15) is 0 Å². The lowest BCUT2D eigenvalue weighted by molar-refractivity contribution is 1.23. The van der Waals surface area contributed by atoms with Gasteiger partial charge in [-0.25, -0.2) is 4.98 Å². The molecule has 0 amide bonds. The summed E-state index contributed by atoms with van der Waals surface area (Å²) >= 11 is 1.70. The summed E-state index contributed by atoms with van der Waals surface area (Å²) in [4.78, 5) is 10.0. The molecule has 0 saturated heterocycles. The lowest BCUT2D eigenvalue weighted by Gasteiger charge is -1.95. The Kier molecular flexibility index (Phi) is 1.64. The first kappa shape index (κ1) is 9.13. The van der Waals surface area contributed by atoms with Crippen LogP contribution in [0, 0.1) is 6.92 Å². The van der Waals surface area contributed by atoms with Crippen LogP contribution in [0.3, 0.4) is 0 Å². The number of para-hydroxylation sites is 2. The van der Waals surface area contributed by atoms with Crippen molar-refractivity contribution < 1.29 is 0 Å². The molecule has 0 fully saturated rings. The van der Waals surface area contributed by atoms with Gasteiger partial charge in [-0.2, -0.15) is 0 Å². The Morgan fingerprint density at radius 3 is 2.94 bits per heavy atom. The Morgan fingerprint density at radius 2 is 2.00 bits per heavy atom. The number of nitrogens with zero attached hydrogens (tertiary/aromatic N) is 3. The molecule has 0 atom stereocenters. The smallest absolute Gasteiger partial charge is 0.195 e. The zero-order chi connectivity index (χ0) is 11.4. The minimum atomic E-state index is 1.04. The van der Waals surface area contributed by atoms with E-state index in [1.165, 1.54) is 15.7 Å². The Morgan fingerprint density at radius 1 is 1.12 bits per heavy atom. The molecule has 4 rings (SSSR count). The van der Waals surface area contributed by atoms with E-state index in [1.54, 1.807) is 11.3 Å². The molecule has 0 aliphatic heterocycles. The van der Waals surface area contributed by atoms with E-state index in [1.807, 2.05) is 25.3 Å². The first-order valence-electron chi connectivity index (χ1n) is 5.46. The van der Waals surface area contributed by atoms with Gasteiger partial charge in [-0.3, -0.25) is 9.38 Å². The minimum Gasteiger partial charge on any atom is -0.283 e. The molecule has 82 valence electrons. The predicted molar refractivity (Wildman–Crippen MR) is 70.6 cm³/mol. The van der Waals surface area contributed by atoms with Crippen LogP contribution in [-0.4, -0.2) is 14.4 Å². The third-order valence-corrected chi connectivity index (χ3v) is 4.19. The van der Waals surface area contributed by atoms with Crippen LogP contribution in [0.25, 0.3) is 26.2 Å². The highest BCUT2D eigenvalue weighted by Crippen LogP contribution is 2.30. The number of aryl methyl sites for hydroxylation is 1. The second-order valence-corrected chi connectivity index (χ2v) is 5.04. The summed E-state index contributed by atoms with van der Waals surface area (Å²) in [5.74, 6) is 0. The average molecular weight is 239 g/mol. The van der Waals surface area contributed by atoms with Crippen molar-refractivity contribution in [3.63, 3.8) is 0 Å². The van der Waals surface area contributed by atoms with Gasteiger partial charge >= 0.3 is 0 Å². The molecule has 0 aliphatic rings. The Labute approximate surface area is 101 Å². The normalized spacial score (nSPS) is 11.8. The fraction of sp³-hybridized carbons (Fsp3) is 0.0769. The number of pyridine rings is 1. The molecule has 0 bridgehead atoms. The molecule has 0 spiro atoms. The van der Waals surface area contributed by atoms with Crippen molar-refractivity contribution in [1.29, 1.82) is 0 Å². The molecule has 1 aromatic carbocycles. The van der Waals surface area contributed by atoms with Crippen molar-refractivity contribution in [2.45, 2.75) is 6.92 Å². The SMILES string of the molecule is Cc1nccc2c1sc1nc3ccccc3n12. The fourth-order valence-electron chi connectivity index (χ4n) is 2.24. The Hall–Kier alpha value is -1.94. The van der Waals surface area contributed by atoms with Gasteiger partial charge in [-0.05, 0) is 25.1 Å². The van der Waals surface area contributed by atoms with E-state index in [-0.39, 0.29) is 0 Å². The maximum Gasteiger partial charge on any atom is 0.195 e. The first-order valence-corrected chi connectivity index (χ1v) is 6.27. The number of thiazole rings is 1. The third-order valence-electron chi connectivity index (χ3n) is 3.03. The first-order chi connectivity index (χ1) is 8.34. The molecule has 3 aromatic heterocycles. The second-order valence-electron chi connectivity index (χ2n) is 4.07. The quantitative estimate of drug-likeness (QED) is 0.470. The van der Waals surface area contributed by atoms with E-state index >= 15 is 0 Å². The van der Waals surface area contributed by atoms with Gasteiger partial charge in [0.15, 0.2) is 4.96 Å². The van der Waals surface area contributed by atoms with Crippen molar-refractivity contribution >= 4 is 37.5 Å². The summed E-state index contributed by atoms with van der Waals surface area (Å²) in [6.07, 6.45) is 1.86. The highest BCUT2D eigenvalue weighted by atomic mass is 32.1. The van der Waals surface area contributed by atoms with E-state index in [2.05, 4.69) is 32.6 Å².